The van der Waals surface area contributed by atoms with Crippen molar-refractivity contribution < 1.29 is 9.90 Å². The average Bonchev–Trinajstić information content (AvgIpc) is 3.51. The van der Waals surface area contributed by atoms with E-state index in [2.05, 4.69) is 77.9 Å². The van der Waals surface area contributed by atoms with E-state index >= 15 is 0 Å². The van der Waals surface area contributed by atoms with E-state index in [4.69, 9.17) is 9.97 Å². The third-order valence-corrected chi connectivity index (χ3v) is 11.2. The van der Waals surface area contributed by atoms with Crippen molar-refractivity contribution in [1.82, 2.24) is 24.6 Å². The number of anilines is 2. The molecule has 6 rings (SSSR count). The summed E-state index contributed by atoms with van der Waals surface area (Å²) in [7, 11) is 1.99. The van der Waals surface area contributed by atoms with Gasteiger partial charge >= 0.3 is 5.97 Å². The second-order valence-electron chi connectivity index (χ2n) is 14.3. The SMILES string of the molecule is CC[C@@H](Nc1nc2c(c(N[C@@H](CN3CCC(C)CC3)c3cnn(C)c3)n1)[C@H](C)[C@H](c1ccccc1)CC2)C1CCC(C(=O)O)CC1. The first-order valence-corrected chi connectivity index (χ1v) is 17.7. The van der Waals surface area contributed by atoms with Crippen molar-refractivity contribution in [1.29, 1.82) is 0 Å². The van der Waals surface area contributed by atoms with E-state index in [1.807, 2.05) is 17.9 Å². The fourth-order valence-electron chi connectivity index (χ4n) is 8.27. The molecule has 3 heterocycles. The molecule has 4 atom stereocenters. The van der Waals surface area contributed by atoms with E-state index < -0.39 is 5.97 Å². The number of hydrogen-bond acceptors (Lipinski definition) is 7. The lowest BCUT2D eigenvalue weighted by molar-refractivity contribution is -0.143. The molecule has 46 heavy (non-hydrogen) atoms. The van der Waals surface area contributed by atoms with Crippen molar-refractivity contribution in [3.05, 3.63) is 65.1 Å². The van der Waals surface area contributed by atoms with Crippen molar-refractivity contribution >= 4 is 17.7 Å². The summed E-state index contributed by atoms with van der Waals surface area (Å²) in [5.74, 6) is 2.63. The van der Waals surface area contributed by atoms with Crippen LogP contribution in [0.15, 0.2) is 42.7 Å². The molecule has 0 amide bonds. The Morgan fingerprint density at radius 3 is 2.39 bits per heavy atom. The number of likely N-dealkylation sites (tertiary alicyclic amines) is 1. The fraction of sp³-hybridized carbons (Fsp3) is 0.622. The maximum Gasteiger partial charge on any atom is 0.306 e. The van der Waals surface area contributed by atoms with Crippen LogP contribution in [0.4, 0.5) is 11.8 Å². The highest BCUT2D eigenvalue weighted by molar-refractivity contribution is 5.70. The maximum absolute atomic E-state index is 11.6. The Hall–Kier alpha value is -3.46. The Labute approximate surface area is 274 Å². The van der Waals surface area contributed by atoms with Gasteiger partial charge in [0.25, 0.3) is 0 Å². The summed E-state index contributed by atoms with van der Waals surface area (Å²) in [5, 5.41) is 21.8. The molecular formula is C37H53N7O2. The number of nitrogens with zero attached hydrogens (tertiary/aromatic N) is 5. The van der Waals surface area contributed by atoms with Crippen LogP contribution in [0.1, 0.15) is 112 Å². The Morgan fingerprint density at radius 2 is 1.74 bits per heavy atom. The predicted octanol–water partition coefficient (Wildman–Crippen LogP) is 7.01. The standard InChI is InChI=1S/C37H53N7O2/c1-5-31(27-11-13-28(14-12-27)36(45)46)40-37-41-32-16-15-30(26-9-7-6-8-10-26)25(3)34(32)35(42-37)39-33(29-21-38-43(4)22-29)23-44-19-17-24(2)18-20-44/h6-10,21-22,24-25,27-28,30-31,33H,5,11-20,23H2,1-4H3,(H,45,46)(H2,39,40,41,42)/t25-,27?,28?,30-,31-,33+/m1/s1. The lowest BCUT2D eigenvalue weighted by Gasteiger charge is -2.36. The van der Waals surface area contributed by atoms with Crippen molar-refractivity contribution in [2.75, 3.05) is 30.3 Å². The fourth-order valence-corrected chi connectivity index (χ4v) is 8.27. The van der Waals surface area contributed by atoms with Gasteiger partial charge in [-0.3, -0.25) is 9.48 Å². The Balaban J connectivity index is 1.32. The summed E-state index contributed by atoms with van der Waals surface area (Å²) in [6, 6.07) is 11.2. The van der Waals surface area contributed by atoms with E-state index in [-0.39, 0.29) is 23.9 Å². The highest BCUT2D eigenvalue weighted by Gasteiger charge is 2.35. The summed E-state index contributed by atoms with van der Waals surface area (Å²) in [6.45, 7) is 10.1. The first-order valence-electron chi connectivity index (χ1n) is 17.7. The molecule has 1 saturated heterocycles. The molecule has 1 aliphatic heterocycles. The maximum atomic E-state index is 11.6. The van der Waals surface area contributed by atoms with Gasteiger partial charge in [-0.1, -0.05) is 51.1 Å². The third kappa shape index (κ3) is 7.40. The Morgan fingerprint density at radius 1 is 1.00 bits per heavy atom. The van der Waals surface area contributed by atoms with E-state index in [1.54, 1.807) is 0 Å². The van der Waals surface area contributed by atoms with Crippen molar-refractivity contribution in [3.63, 3.8) is 0 Å². The topological polar surface area (TPSA) is 108 Å². The summed E-state index contributed by atoms with van der Waals surface area (Å²) in [6.07, 6.45) is 12.9. The number of piperidine rings is 1. The molecule has 3 aromatic rings. The highest BCUT2D eigenvalue weighted by Crippen LogP contribution is 2.45. The predicted molar refractivity (Wildman–Crippen MR) is 183 cm³/mol. The van der Waals surface area contributed by atoms with Crippen LogP contribution in [0.5, 0.6) is 0 Å². The smallest absolute Gasteiger partial charge is 0.306 e. The van der Waals surface area contributed by atoms with Gasteiger partial charge in [-0.15, -0.1) is 0 Å². The van der Waals surface area contributed by atoms with Gasteiger partial charge in [-0.2, -0.15) is 10.1 Å². The number of carbonyl (C=O) groups is 1. The van der Waals surface area contributed by atoms with E-state index in [9.17, 15) is 9.90 Å². The Bertz CT molecular complexity index is 1440. The molecule has 2 fully saturated rings. The Kier molecular flexibility index (Phi) is 10.3. The minimum atomic E-state index is -0.654. The van der Waals surface area contributed by atoms with E-state index in [1.165, 1.54) is 29.5 Å². The van der Waals surface area contributed by atoms with Crippen LogP contribution >= 0.6 is 0 Å². The first-order chi connectivity index (χ1) is 22.3. The van der Waals surface area contributed by atoms with Crippen LogP contribution in [0, 0.1) is 17.8 Å². The molecule has 1 aromatic carbocycles. The molecule has 2 aliphatic carbocycles. The summed E-state index contributed by atoms with van der Waals surface area (Å²) in [4.78, 5) is 24.7. The molecule has 0 unspecified atom stereocenters. The molecule has 0 radical (unpaired) electrons. The van der Waals surface area contributed by atoms with Gasteiger partial charge in [0.1, 0.15) is 5.82 Å². The van der Waals surface area contributed by atoms with Crippen LogP contribution in [0.3, 0.4) is 0 Å². The zero-order chi connectivity index (χ0) is 32.2. The lowest BCUT2D eigenvalue weighted by atomic mass is 9.74. The lowest BCUT2D eigenvalue weighted by Crippen LogP contribution is -2.38. The van der Waals surface area contributed by atoms with Crippen LogP contribution < -0.4 is 10.6 Å². The van der Waals surface area contributed by atoms with Gasteiger partial charge in [0.05, 0.1) is 23.9 Å². The number of carboxylic acids is 1. The van der Waals surface area contributed by atoms with Crippen LogP contribution in [0.25, 0.3) is 0 Å². The molecule has 0 bridgehead atoms. The third-order valence-electron chi connectivity index (χ3n) is 11.2. The van der Waals surface area contributed by atoms with Crippen molar-refractivity contribution in [2.24, 2.45) is 24.8 Å². The summed E-state index contributed by atoms with van der Waals surface area (Å²) < 4.78 is 1.89. The van der Waals surface area contributed by atoms with Crippen LogP contribution in [-0.2, 0) is 18.3 Å². The first kappa shape index (κ1) is 32.5. The number of hydrogen-bond donors (Lipinski definition) is 3. The van der Waals surface area contributed by atoms with Crippen molar-refractivity contribution in [3.8, 4) is 0 Å². The van der Waals surface area contributed by atoms with Crippen LogP contribution in [-0.4, -0.2) is 61.4 Å². The molecule has 248 valence electrons. The molecule has 3 N–H and O–H groups in total. The number of aliphatic carboxylic acids is 1. The highest BCUT2D eigenvalue weighted by atomic mass is 16.4. The number of aromatic nitrogens is 4. The van der Waals surface area contributed by atoms with Gasteiger partial charge in [-0.05, 0) is 100 Å². The van der Waals surface area contributed by atoms with Gasteiger partial charge < -0.3 is 20.6 Å². The average molecular weight is 628 g/mol. The largest absolute Gasteiger partial charge is 0.481 e. The summed E-state index contributed by atoms with van der Waals surface area (Å²) in [5.41, 5.74) is 4.93. The van der Waals surface area contributed by atoms with Gasteiger partial charge in [0, 0.05) is 37.0 Å². The number of aryl methyl sites for hydroxylation is 2. The zero-order valence-electron chi connectivity index (χ0n) is 28.2. The number of benzene rings is 1. The molecular weight excluding hydrogens is 574 g/mol. The zero-order valence-corrected chi connectivity index (χ0v) is 28.2. The minimum Gasteiger partial charge on any atom is -0.481 e. The molecule has 9 nitrogen and oxygen atoms in total. The number of carboxylic acid groups (broad SMARTS) is 1. The van der Waals surface area contributed by atoms with Crippen LogP contribution in [0.2, 0.25) is 0 Å². The molecule has 2 aromatic heterocycles. The monoisotopic (exact) mass is 627 g/mol. The van der Waals surface area contributed by atoms with Gasteiger partial charge in [0.2, 0.25) is 5.95 Å². The van der Waals surface area contributed by atoms with E-state index in [0.29, 0.717) is 17.8 Å². The van der Waals surface area contributed by atoms with Crippen molar-refractivity contribution in [2.45, 2.75) is 102 Å². The molecule has 3 aliphatic rings. The quantitative estimate of drug-likeness (QED) is 0.208. The molecule has 0 spiro atoms. The molecule has 9 heteroatoms. The number of rotatable bonds is 11. The second kappa shape index (κ2) is 14.5. The van der Waals surface area contributed by atoms with Gasteiger partial charge in [0.15, 0.2) is 0 Å². The molecule has 1 saturated carbocycles. The van der Waals surface area contributed by atoms with E-state index in [0.717, 1.165) is 82.0 Å². The normalized spacial score (nSPS) is 25.4. The minimum absolute atomic E-state index is 0.0477. The second-order valence-corrected chi connectivity index (χ2v) is 14.3. The number of nitrogens with one attached hydrogen (secondary N) is 2. The number of fused-ring (bicyclic) bond motifs is 1. The summed E-state index contributed by atoms with van der Waals surface area (Å²) >= 11 is 0. The van der Waals surface area contributed by atoms with Gasteiger partial charge in [-0.25, -0.2) is 4.98 Å².